The van der Waals surface area contributed by atoms with Crippen LogP contribution in [0.5, 0.6) is 11.5 Å². The van der Waals surface area contributed by atoms with Crippen LogP contribution in [0.3, 0.4) is 0 Å². The summed E-state index contributed by atoms with van der Waals surface area (Å²) in [5.74, 6) is 0.899. The molecule has 0 spiro atoms. The van der Waals surface area contributed by atoms with E-state index < -0.39 is 0 Å². The van der Waals surface area contributed by atoms with Gasteiger partial charge in [-0.15, -0.1) is 11.3 Å². The van der Waals surface area contributed by atoms with Gasteiger partial charge in [0.1, 0.15) is 0 Å². The van der Waals surface area contributed by atoms with Crippen LogP contribution < -0.4 is 9.47 Å². The fourth-order valence-corrected chi connectivity index (χ4v) is 3.86. The molecule has 0 fully saturated rings. The van der Waals surface area contributed by atoms with Crippen LogP contribution in [0.4, 0.5) is 0 Å². The Balaban J connectivity index is 1.80. The number of thiophene rings is 1. The first-order valence-electron chi connectivity index (χ1n) is 6.13. The van der Waals surface area contributed by atoms with Crippen LogP contribution in [0.1, 0.15) is 15.2 Å². The highest BCUT2D eigenvalue weighted by atomic mass is 79.9. The largest absolute Gasteiger partial charge is 0.454 e. The van der Waals surface area contributed by atoms with E-state index in [-0.39, 0.29) is 12.7 Å². The van der Waals surface area contributed by atoms with Crippen LogP contribution in [0.25, 0.3) is 0 Å². The van der Waals surface area contributed by atoms with Crippen LogP contribution in [0, 0.1) is 0 Å². The number of rotatable bonds is 3. The smallest absolute Gasteiger partial charge is 0.254 e. The highest BCUT2D eigenvalue weighted by Gasteiger charge is 2.22. The average Bonchev–Trinajstić information content (AvgIpc) is 3.07. The number of fused-ring (bicyclic) bond motifs is 1. The zero-order chi connectivity index (χ0) is 15.0. The van der Waals surface area contributed by atoms with E-state index in [4.69, 9.17) is 21.1 Å². The van der Waals surface area contributed by atoms with Crippen molar-refractivity contribution in [2.75, 3.05) is 13.8 Å². The van der Waals surface area contributed by atoms with Crippen LogP contribution >= 0.6 is 38.9 Å². The molecule has 2 aromatic rings. The molecule has 0 saturated heterocycles. The standard InChI is InChI=1S/C14H11BrClNO3S/c1-17(6-9-2-3-12(15)21-9)14(18)8-4-10(16)13-11(5-8)19-7-20-13/h2-5H,6-7H2,1H3. The van der Waals surface area contributed by atoms with Gasteiger partial charge in [0.15, 0.2) is 11.5 Å². The predicted molar refractivity (Wildman–Crippen MR) is 85.4 cm³/mol. The van der Waals surface area contributed by atoms with E-state index in [0.717, 1.165) is 8.66 Å². The minimum atomic E-state index is -0.111. The molecule has 21 heavy (non-hydrogen) atoms. The molecule has 0 bridgehead atoms. The summed E-state index contributed by atoms with van der Waals surface area (Å²) in [5.41, 5.74) is 0.488. The second kappa shape index (κ2) is 5.87. The molecule has 1 aliphatic heterocycles. The molecule has 0 aliphatic carbocycles. The summed E-state index contributed by atoms with van der Waals surface area (Å²) in [6.45, 7) is 0.674. The molecule has 4 nitrogen and oxygen atoms in total. The van der Waals surface area contributed by atoms with E-state index in [2.05, 4.69) is 15.9 Å². The van der Waals surface area contributed by atoms with Crippen LogP contribution in [0.15, 0.2) is 28.1 Å². The molecule has 0 unspecified atom stereocenters. The third-order valence-corrected chi connectivity index (χ3v) is 4.93. The first-order chi connectivity index (χ1) is 10.0. The van der Waals surface area contributed by atoms with E-state index in [1.807, 2.05) is 12.1 Å². The lowest BCUT2D eigenvalue weighted by atomic mass is 10.1. The van der Waals surface area contributed by atoms with Crippen molar-refractivity contribution in [2.45, 2.75) is 6.54 Å². The minimum Gasteiger partial charge on any atom is -0.454 e. The molecule has 1 aliphatic rings. The zero-order valence-electron chi connectivity index (χ0n) is 11.1. The van der Waals surface area contributed by atoms with Gasteiger partial charge in [-0.25, -0.2) is 0 Å². The van der Waals surface area contributed by atoms with Gasteiger partial charge < -0.3 is 14.4 Å². The number of carbonyl (C=O) groups excluding carboxylic acids is 1. The molecule has 7 heteroatoms. The summed E-state index contributed by atoms with van der Waals surface area (Å²) >= 11 is 11.1. The van der Waals surface area contributed by atoms with Crippen LogP contribution in [-0.4, -0.2) is 24.6 Å². The number of benzene rings is 1. The van der Waals surface area contributed by atoms with Gasteiger partial charge in [0.25, 0.3) is 5.91 Å². The summed E-state index contributed by atoms with van der Waals surface area (Å²) in [5, 5.41) is 0.389. The van der Waals surface area contributed by atoms with Crippen molar-refractivity contribution in [1.29, 1.82) is 0 Å². The van der Waals surface area contributed by atoms with Gasteiger partial charge in [-0.05, 0) is 40.2 Å². The Hall–Kier alpha value is -1.24. The minimum absolute atomic E-state index is 0.111. The zero-order valence-corrected chi connectivity index (χ0v) is 14.2. The highest BCUT2D eigenvalue weighted by Crippen LogP contribution is 2.40. The SMILES string of the molecule is CN(Cc1ccc(Br)s1)C(=O)c1cc(Cl)c2c(c1)OCO2. The third-order valence-electron chi connectivity index (χ3n) is 3.04. The Morgan fingerprint density at radius 3 is 2.95 bits per heavy atom. The maximum Gasteiger partial charge on any atom is 0.254 e. The molecule has 1 amide bonds. The molecule has 1 aromatic carbocycles. The Labute approximate surface area is 139 Å². The van der Waals surface area contributed by atoms with Gasteiger partial charge >= 0.3 is 0 Å². The Morgan fingerprint density at radius 2 is 2.24 bits per heavy atom. The second-order valence-electron chi connectivity index (χ2n) is 4.56. The first kappa shape index (κ1) is 14.7. The summed E-state index contributed by atoms with van der Waals surface area (Å²) in [4.78, 5) is 15.2. The van der Waals surface area contributed by atoms with Gasteiger partial charge in [-0.2, -0.15) is 0 Å². The lowest BCUT2D eigenvalue weighted by molar-refractivity contribution is 0.0786. The van der Waals surface area contributed by atoms with Gasteiger partial charge in [0.2, 0.25) is 6.79 Å². The summed E-state index contributed by atoms with van der Waals surface area (Å²) < 4.78 is 11.6. The Bertz CT molecular complexity index is 704. The van der Waals surface area contributed by atoms with E-state index in [0.29, 0.717) is 28.6 Å². The van der Waals surface area contributed by atoms with Crippen LogP contribution in [0.2, 0.25) is 5.02 Å². The lowest BCUT2D eigenvalue weighted by Gasteiger charge is -2.16. The fourth-order valence-electron chi connectivity index (χ4n) is 2.05. The van der Waals surface area contributed by atoms with Gasteiger partial charge in [0.05, 0.1) is 15.4 Å². The molecule has 110 valence electrons. The summed E-state index contributed by atoms with van der Waals surface area (Å²) in [6.07, 6.45) is 0. The molecular weight excluding hydrogens is 378 g/mol. The van der Waals surface area contributed by atoms with Crippen molar-refractivity contribution in [1.82, 2.24) is 4.90 Å². The molecule has 0 radical (unpaired) electrons. The Kier molecular flexibility index (Phi) is 4.10. The lowest BCUT2D eigenvalue weighted by Crippen LogP contribution is -2.25. The predicted octanol–water partition coefficient (Wildman–Crippen LogP) is 4.16. The van der Waals surface area contributed by atoms with E-state index in [1.54, 1.807) is 35.4 Å². The number of hydrogen-bond donors (Lipinski definition) is 0. The van der Waals surface area contributed by atoms with Gasteiger partial charge in [-0.3, -0.25) is 4.79 Å². The third kappa shape index (κ3) is 3.02. The van der Waals surface area contributed by atoms with Crippen LogP contribution in [-0.2, 0) is 6.54 Å². The van der Waals surface area contributed by atoms with Gasteiger partial charge in [0, 0.05) is 17.5 Å². The fraction of sp³-hybridized carbons (Fsp3) is 0.214. The number of halogens is 2. The maximum absolute atomic E-state index is 12.5. The number of ether oxygens (including phenoxy) is 2. The summed E-state index contributed by atoms with van der Waals surface area (Å²) in [7, 11) is 1.76. The molecule has 0 atom stereocenters. The van der Waals surface area contributed by atoms with Crippen molar-refractivity contribution >= 4 is 44.8 Å². The maximum atomic E-state index is 12.5. The molecule has 1 aromatic heterocycles. The number of hydrogen-bond acceptors (Lipinski definition) is 4. The monoisotopic (exact) mass is 387 g/mol. The quantitative estimate of drug-likeness (QED) is 0.792. The summed E-state index contributed by atoms with van der Waals surface area (Å²) in [6, 6.07) is 7.23. The van der Waals surface area contributed by atoms with E-state index >= 15 is 0 Å². The van der Waals surface area contributed by atoms with E-state index in [9.17, 15) is 4.79 Å². The molecular formula is C14H11BrClNO3S. The topological polar surface area (TPSA) is 38.8 Å². The number of amides is 1. The van der Waals surface area contributed by atoms with Gasteiger partial charge in [-0.1, -0.05) is 11.6 Å². The highest BCUT2D eigenvalue weighted by molar-refractivity contribution is 9.11. The molecule has 0 N–H and O–H groups in total. The van der Waals surface area contributed by atoms with Crippen molar-refractivity contribution in [3.63, 3.8) is 0 Å². The van der Waals surface area contributed by atoms with Crippen molar-refractivity contribution < 1.29 is 14.3 Å². The number of carbonyl (C=O) groups is 1. The molecule has 3 rings (SSSR count). The second-order valence-corrected chi connectivity index (χ2v) is 7.51. The van der Waals surface area contributed by atoms with E-state index in [1.165, 1.54) is 0 Å². The normalized spacial score (nSPS) is 12.5. The number of nitrogens with zero attached hydrogens (tertiary/aromatic N) is 1. The first-order valence-corrected chi connectivity index (χ1v) is 8.12. The molecule has 2 heterocycles. The van der Waals surface area contributed by atoms with Crippen molar-refractivity contribution in [2.24, 2.45) is 0 Å². The van der Waals surface area contributed by atoms with Crippen molar-refractivity contribution in [3.05, 3.63) is 43.5 Å². The average molecular weight is 389 g/mol. The van der Waals surface area contributed by atoms with Crippen molar-refractivity contribution in [3.8, 4) is 11.5 Å². The Morgan fingerprint density at radius 1 is 1.43 bits per heavy atom. The molecule has 0 saturated carbocycles.